The molecule has 1 fully saturated rings. The lowest BCUT2D eigenvalue weighted by atomic mass is 9.84. The lowest BCUT2D eigenvalue weighted by molar-refractivity contribution is 0.324. The molecule has 1 saturated carbocycles. The number of sulfone groups is 1. The van der Waals surface area contributed by atoms with E-state index in [2.05, 4.69) is 0 Å². The predicted octanol–water partition coefficient (Wildman–Crippen LogP) is 0.693. The molecule has 1 rings (SSSR count). The molecule has 2 N–H and O–H groups in total. The first-order valence-electron chi connectivity index (χ1n) is 4.38. The molecule has 0 atom stereocenters. The van der Waals surface area contributed by atoms with Crippen molar-refractivity contribution >= 4 is 9.84 Å². The maximum Gasteiger partial charge on any atom is 0.149 e. The van der Waals surface area contributed by atoms with Crippen molar-refractivity contribution in [3.05, 3.63) is 0 Å². The van der Waals surface area contributed by atoms with Crippen LogP contribution < -0.4 is 5.73 Å². The van der Waals surface area contributed by atoms with E-state index < -0.39 is 15.4 Å². The molecule has 0 saturated heterocycles. The molecule has 3 nitrogen and oxygen atoms in total. The van der Waals surface area contributed by atoms with Crippen molar-refractivity contribution in [1.29, 1.82) is 0 Å². The van der Waals surface area contributed by atoms with E-state index in [1.54, 1.807) is 0 Å². The van der Waals surface area contributed by atoms with Crippen LogP contribution in [0.2, 0.25) is 0 Å². The van der Waals surface area contributed by atoms with E-state index in [0.717, 1.165) is 25.7 Å². The van der Waals surface area contributed by atoms with Gasteiger partial charge in [-0.05, 0) is 12.8 Å². The van der Waals surface area contributed by atoms with Crippen LogP contribution >= 0.6 is 0 Å². The van der Waals surface area contributed by atoms with Crippen molar-refractivity contribution in [2.75, 3.05) is 12.0 Å². The first-order valence-corrected chi connectivity index (χ1v) is 6.44. The number of nitrogens with two attached hydrogens (primary N) is 1. The summed E-state index contributed by atoms with van der Waals surface area (Å²) in [7, 11) is -2.91. The summed E-state index contributed by atoms with van der Waals surface area (Å²) in [5.41, 5.74) is 5.54. The van der Waals surface area contributed by atoms with E-state index in [1.165, 1.54) is 12.7 Å². The molecule has 0 unspecified atom stereocenters. The second-order valence-corrected chi connectivity index (χ2v) is 6.13. The molecule has 0 aromatic heterocycles. The second-order valence-electron chi connectivity index (χ2n) is 3.99. The van der Waals surface area contributed by atoms with Crippen LogP contribution in [0.4, 0.5) is 0 Å². The molecule has 0 heterocycles. The minimum absolute atomic E-state index is 0.153. The predicted molar refractivity (Wildman–Crippen MR) is 49.7 cm³/mol. The Bertz CT molecular complexity index is 240. The average molecular weight is 191 g/mol. The van der Waals surface area contributed by atoms with Gasteiger partial charge in [0.05, 0.1) is 5.75 Å². The van der Waals surface area contributed by atoms with Crippen molar-refractivity contribution < 1.29 is 8.42 Å². The third kappa shape index (κ3) is 3.11. The van der Waals surface area contributed by atoms with Crippen molar-refractivity contribution in [2.24, 2.45) is 5.73 Å². The molecule has 72 valence electrons. The largest absolute Gasteiger partial charge is 0.324 e. The Kier molecular flexibility index (Phi) is 2.78. The third-order valence-corrected chi connectivity index (χ3v) is 3.50. The summed E-state index contributed by atoms with van der Waals surface area (Å²) < 4.78 is 22.0. The monoisotopic (exact) mass is 191 g/mol. The fraction of sp³-hybridized carbons (Fsp3) is 1.00. The second kappa shape index (κ2) is 3.34. The highest BCUT2D eigenvalue weighted by Crippen LogP contribution is 2.26. The normalized spacial score (nSPS) is 23.8. The Morgan fingerprint density at radius 2 is 1.75 bits per heavy atom. The van der Waals surface area contributed by atoms with Gasteiger partial charge in [0.25, 0.3) is 0 Å². The molecule has 12 heavy (non-hydrogen) atoms. The van der Waals surface area contributed by atoms with Gasteiger partial charge >= 0.3 is 0 Å². The van der Waals surface area contributed by atoms with Crippen LogP contribution in [-0.2, 0) is 9.84 Å². The number of hydrogen-bond acceptors (Lipinski definition) is 3. The fourth-order valence-corrected chi connectivity index (χ4v) is 3.26. The van der Waals surface area contributed by atoms with Gasteiger partial charge in [-0.1, -0.05) is 19.3 Å². The van der Waals surface area contributed by atoms with Crippen molar-refractivity contribution in [1.82, 2.24) is 0 Å². The van der Waals surface area contributed by atoms with Gasteiger partial charge in [0, 0.05) is 11.8 Å². The molecule has 1 aliphatic rings. The van der Waals surface area contributed by atoms with E-state index in [9.17, 15) is 8.42 Å². The van der Waals surface area contributed by atoms with Crippen LogP contribution in [0, 0.1) is 0 Å². The van der Waals surface area contributed by atoms with Crippen LogP contribution in [0.25, 0.3) is 0 Å². The summed E-state index contributed by atoms with van der Waals surface area (Å²) in [5, 5.41) is 0. The van der Waals surface area contributed by atoms with E-state index in [-0.39, 0.29) is 5.75 Å². The molecule has 0 aromatic carbocycles. The standard InChI is InChI=1S/C8H17NO2S/c1-12(10,11)7-8(9)5-3-2-4-6-8/h2-7,9H2,1H3. The maximum atomic E-state index is 11.0. The van der Waals surface area contributed by atoms with Gasteiger partial charge in [0.1, 0.15) is 9.84 Å². The zero-order valence-electron chi connectivity index (χ0n) is 7.54. The molecule has 0 radical (unpaired) electrons. The zero-order valence-corrected chi connectivity index (χ0v) is 8.36. The van der Waals surface area contributed by atoms with Gasteiger partial charge in [0.2, 0.25) is 0 Å². The summed E-state index contributed by atoms with van der Waals surface area (Å²) in [6, 6.07) is 0. The van der Waals surface area contributed by atoms with Crippen LogP contribution in [0.3, 0.4) is 0 Å². The Morgan fingerprint density at radius 1 is 1.25 bits per heavy atom. The molecule has 4 heteroatoms. The SMILES string of the molecule is CS(=O)(=O)CC1(N)CCCCC1. The first kappa shape index (κ1) is 9.99. The molecule has 0 spiro atoms. The molecular formula is C8H17NO2S. The van der Waals surface area contributed by atoms with E-state index >= 15 is 0 Å². The van der Waals surface area contributed by atoms with Gasteiger partial charge in [-0.25, -0.2) is 8.42 Å². The Balaban J connectivity index is 2.59. The van der Waals surface area contributed by atoms with Gasteiger partial charge < -0.3 is 5.73 Å². The number of rotatable bonds is 2. The average Bonchev–Trinajstić information content (AvgIpc) is 1.83. The molecule has 1 aliphatic carbocycles. The van der Waals surface area contributed by atoms with Crippen molar-refractivity contribution in [2.45, 2.75) is 37.6 Å². The van der Waals surface area contributed by atoms with Gasteiger partial charge in [-0.2, -0.15) is 0 Å². The molecule has 0 bridgehead atoms. The Morgan fingerprint density at radius 3 is 2.17 bits per heavy atom. The summed E-state index contributed by atoms with van der Waals surface area (Å²) >= 11 is 0. The highest BCUT2D eigenvalue weighted by molar-refractivity contribution is 7.90. The highest BCUT2D eigenvalue weighted by atomic mass is 32.2. The minimum Gasteiger partial charge on any atom is -0.324 e. The lowest BCUT2D eigenvalue weighted by Crippen LogP contribution is -2.47. The summed E-state index contributed by atoms with van der Waals surface area (Å²) in [6.45, 7) is 0. The van der Waals surface area contributed by atoms with Gasteiger partial charge in [-0.15, -0.1) is 0 Å². The van der Waals surface area contributed by atoms with Gasteiger partial charge in [0.15, 0.2) is 0 Å². The summed E-state index contributed by atoms with van der Waals surface area (Å²) in [5.74, 6) is 0.153. The Labute approximate surface area is 74.3 Å². The van der Waals surface area contributed by atoms with Crippen LogP contribution in [0.5, 0.6) is 0 Å². The number of hydrogen-bond donors (Lipinski definition) is 1. The smallest absolute Gasteiger partial charge is 0.149 e. The van der Waals surface area contributed by atoms with Gasteiger partial charge in [-0.3, -0.25) is 0 Å². The van der Waals surface area contributed by atoms with Crippen LogP contribution in [0.15, 0.2) is 0 Å². The van der Waals surface area contributed by atoms with E-state index in [1.807, 2.05) is 0 Å². The summed E-state index contributed by atoms with van der Waals surface area (Å²) in [6.07, 6.45) is 6.33. The van der Waals surface area contributed by atoms with Crippen molar-refractivity contribution in [3.8, 4) is 0 Å². The Hall–Kier alpha value is -0.0900. The van der Waals surface area contributed by atoms with E-state index in [4.69, 9.17) is 5.73 Å². The topological polar surface area (TPSA) is 60.2 Å². The zero-order chi connectivity index (χ0) is 9.24. The maximum absolute atomic E-state index is 11.0. The summed E-state index contributed by atoms with van der Waals surface area (Å²) in [4.78, 5) is 0. The quantitative estimate of drug-likeness (QED) is 0.698. The minimum atomic E-state index is -2.91. The van der Waals surface area contributed by atoms with Crippen molar-refractivity contribution in [3.63, 3.8) is 0 Å². The first-order chi connectivity index (χ1) is 5.41. The highest BCUT2D eigenvalue weighted by Gasteiger charge is 2.30. The van der Waals surface area contributed by atoms with E-state index in [0.29, 0.717) is 0 Å². The lowest BCUT2D eigenvalue weighted by Gasteiger charge is -2.32. The molecular weight excluding hydrogens is 174 g/mol. The van der Waals surface area contributed by atoms with Crippen LogP contribution in [-0.4, -0.2) is 26.0 Å². The fourth-order valence-electron chi connectivity index (χ4n) is 1.92. The third-order valence-electron chi connectivity index (χ3n) is 2.40. The van der Waals surface area contributed by atoms with Crippen LogP contribution in [0.1, 0.15) is 32.1 Å². The molecule has 0 amide bonds. The molecule has 0 aromatic rings. The molecule has 0 aliphatic heterocycles.